The van der Waals surface area contributed by atoms with Crippen LogP contribution >= 0.6 is 11.8 Å². The van der Waals surface area contributed by atoms with E-state index in [1.807, 2.05) is 0 Å². The van der Waals surface area contributed by atoms with Crippen LogP contribution in [0, 0.1) is 0 Å². The van der Waals surface area contributed by atoms with Gasteiger partial charge in [0, 0.05) is 6.20 Å². The van der Waals surface area contributed by atoms with Gasteiger partial charge in [-0.25, -0.2) is 0 Å². The van der Waals surface area contributed by atoms with Gasteiger partial charge in [0.1, 0.15) is 0 Å². The maximum atomic E-state index is 6.02. The Morgan fingerprint density at radius 2 is 1.89 bits per heavy atom. The van der Waals surface area contributed by atoms with E-state index in [-0.39, 0.29) is 6.04 Å². The van der Waals surface area contributed by atoms with Crippen molar-refractivity contribution in [2.75, 3.05) is 11.5 Å². The first-order valence-corrected chi connectivity index (χ1v) is 8.69. The van der Waals surface area contributed by atoms with Gasteiger partial charge in [0.2, 0.25) is 0 Å². The van der Waals surface area contributed by atoms with Crippen LogP contribution in [0.2, 0.25) is 0 Å². The second kappa shape index (κ2) is 11.3. The van der Waals surface area contributed by atoms with Crippen molar-refractivity contribution in [3.8, 4) is 0 Å². The molecule has 19 heavy (non-hydrogen) atoms. The predicted molar refractivity (Wildman–Crippen MR) is 83.2 cm³/mol. The number of hydrogen-bond acceptors (Lipinski definition) is 4. The minimum Gasteiger partial charge on any atom is -0.323 e. The van der Waals surface area contributed by atoms with Gasteiger partial charge in [-0.05, 0) is 30.8 Å². The molecule has 0 aliphatic carbocycles. The van der Waals surface area contributed by atoms with Crippen molar-refractivity contribution in [1.82, 2.24) is 15.4 Å². The van der Waals surface area contributed by atoms with Gasteiger partial charge >= 0.3 is 0 Å². The largest absolute Gasteiger partial charge is 0.323 e. The van der Waals surface area contributed by atoms with Gasteiger partial charge in [-0.3, -0.25) is 5.10 Å². The van der Waals surface area contributed by atoms with Crippen LogP contribution in [0.15, 0.2) is 6.20 Å². The molecule has 1 aromatic rings. The quantitative estimate of drug-likeness (QED) is 0.575. The van der Waals surface area contributed by atoms with Crippen molar-refractivity contribution < 1.29 is 0 Å². The van der Waals surface area contributed by atoms with Crippen molar-refractivity contribution in [3.63, 3.8) is 0 Å². The number of rotatable bonds is 12. The fraction of sp³-hybridized carbons (Fsp3) is 0.857. The third kappa shape index (κ3) is 8.26. The van der Waals surface area contributed by atoms with Crippen LogP contribution < -0.4 is 5.73 Å². The van der Waals surface area contributed by atoms with E-state index in [0.717, 1.165) is 18.5 Å². The lowest BCUT2D eigenvalue weighted by atomic mass is 10.1. The summed E-state index contributed by atoms with van der Waals surface area (Å²) in [6.45, 7) is 2.26. The monoisotopic (exact) mass is 284 g/mol. The highest BCUT2D eigenvalue weighted by atomic mass is 32.2. The van der Waals surface area contributed by atoms with E-state index in [1.54, 1.807) is 6.20 Å². The van der Waals surface area contributed by atoms with E-state index in [1.165, 1.54) is 50.0 Å². The highest BCUT2D eigenvalue weighted by molar-refractivity contribution is 7.99. The summed E-state index contributed by atoms with van der Waals surface area (Å²) in [5.74, 6) is 2.51. The lowest BCUT2D eigenvalue weighted by molar-refractivity contribution is 0.620. The maximum Gasteiger partial charge on any atom is 0.0991 e. The fourth-order valence-corrected chi connectivity index (χ4v) is 3.01. The zero-order valence-corrected chi connectivity index (χ0v) is 12.9. The lowest BCUT2D eigenvalue weighted by Gasteiger charge is -2.07. The van der Waals surface area contributed by atoms with Crippen molar-refractivity contribution in [2.24, 2.45) is 5.73 Å². The van der Waals surface area contributed by atoms with E-state index < -0.39 is 0 Å². The van der Waals surface area contributed by atoms with E-state index in [0.29, 0.717) is 0 Å². The van der Waals surface area contributed by atoms with Crippen LogP contribution in [0.25, 0.3) is 0 Å². The van der Waals surface area contributed by atoms with Gasteiger partial charge in [-0.1, -0.05) is 44.2 Å². The molecule has 4 nitrogen and oxygen atoms in total. The number of H-pyrrole nitrogens is 1. The molecule has 1 heterocycles. The Balaban J connectivity index is 1.83. The Bertz CT molecular complexity index is 290. The van der Waals surface area contributed by atoms with E-state index >= 15 is 0 Å². The van der Waals surface area contributed by atoms with Crippen LogP contribution in [0.1, 0.15) is 70.0 Å². The molecule has 110 valence electrons. The Hall–Kier alpha value is -0.550. The maximum absolute atomic E-state index is 6.02. The second-order valence-corrected chi connectivity index (χ2v) is 6.25. The van der Waals surface area contributed by atoms with Gasteiger partial charge in [0.15, 0.2) is 0 Å². The molecule has 0 saturated heterocycles. The molecule has 0 spiro atoms. The molecule has 1 atom stereocenters. The second-order valence-electron chi connectivity index (χ2n) is 5.03. The van der Waals surface area contributed by atoms with Crippen molar-refractivity contribution in [2.45, 2.75) is 64.3 Å². The molecule has 0 aliphatic rings. The Kier molecular flexibility index (Phi) is 9.81. The summed E-state index contributed by atoms with van der Waals surface area (Å²) in [4.78, 5) is 0. The van der Waals surface area contributed by atoms with Crippen molar-refractivity contribution in [3.05, 3.63) is 11.9 Å². The first kappa shape index (κ1) is 16.5. The molecule has 0 fully saturated rings. The first-order chi connectivity index (χ1) is 9.34. The van der Waals surface area contributed by atoms with Crippen LogP contribution in [0.5, 0.6) is 0 Å². The van der Waals surface area contributed by atoms with E-state index in [2.05, 4.69) is 34.1 Å². The van der Waals surface area contributed by atoms with Gasteiger partial charge in [-0.2, -0.15) is 11.8 Å². The molecule has 3 N–H and O–H groups in total. The third-order valence-electron chi connectivity index (χ3n) is 3.26. The molecule has 0 amide bonds. The molecule has 1 rings (SSSR count). The molecule has 0 saturated carbocycles. The zero-order valence-electron chi connectivity index (χ0n) is 12.1. The number of nitrogens with two attached hydrogens (primary N) is 1. The summed E-state index contributed by atoms with van der Waals surface area (Å²) in [7, 11) is 0. The first-order valence-electron chi connectivity index (χ1n) is 7.54. The molecule has 5 heteroatoms. The summed E-state index contributed by atoms with van der Waals surface area (Å²) in [6.07, 6.45) is 12.3. The zero-order chi connectivity index (χ0) is 13.8. The number of unbranched alkanes of at least 4 members (excludes halogenated alkanes) is 5. The van der Waals surface area contributed by atoms with Crippen LogP contribution in [-0.2, 0) is 0 Å². The fourth-order valence-electron chi connectivity index (χ4n) is 2.03. The normalized spacial score (nSPS) is 12.7. The van der Waals surface area contributed by atoms with Gasteiger partial charge in [-0.15, -0.1) is 5.10 Å². The summed E-state index contributed by atoms with van der Waals surface area (Å²) in [5.41, 5.74) is 6.89. The summed E-state index contributed by atoms with van der Waals surface area (Å²) < 4.78 is 0. The smallest absolute Gasteiger partial charge is 0.0991 e. The molecule has 1 unspecified atom stereocenters. The summed E-state index contributed by atoms with van der Waals surface area (Å²) in [5, 5.41) is 10.3. The highest BCUT2D eigenvalue weighted by Crippen LogP contribution is 2.15. The minimum atomic E-state index is 0.0355. The van der Waals surface area contributed by atoms with Gasteiger partial charge < -0.3 is 5.73 Å². The number of aromatic amines is 1. The van der Waals surface area contributed by atoms with Crippen LogP contribution in [-0.4, -0.2) is 26.9 Å². The molecule has 1 aromatic heterocycles. The van der Waals surface area contributed by atoms with Crippen LogP contribution in [0.3, 0.4) is 0 Å². The molecular formula is C14H28N4S. The lowest BCUT2D eigenvalue weighted by Crippen LogP contribution is -2.11. The molecule has 0 aromatic carbocycles. The number of nitrogens with one attached hydrogen (secondary N) is 1. The minimum absolute atomic E-state index is 0.0355. The number of hydrogen-bond donors (Lipinski definition) is 2. The summed E-state index contributed by atoms with van der Waals surface area (Å²) in [6, 6.07) is 0.0355. The van der Waals surface area contributed by atoms with Crippen molar-refractivity contribution >= 4 is 11.8 Å². The molecule has 0 aliphatic heterocycles. The predicted octanol–water partition coefficient (Wildman–Crippen LogP) is 3.68. The van der Waals surface area contributed by atoms with Crippen molar-refractivity contribution in [1.29, 1.82) is 0 Å². The van der Waals surface area contributed by atoms with E-state index in [4.69, 9.17) is 5.73 Å². The van der Waals surface area contributed by atoms with Gasteiger partial charge in [0.05, 0.1) is 11.7 Å². The molecule has 0 radical (unpaired) electrons. The number of nitrogens with zero attached hydrogens (tertiary/aromatic N) is 2. The average Bonchev–Trinajstić information content (AvgIpc) is 2.95. The van der Waals surface area contributed by atoms with E-state index in [9.17, 15) is 0 Å². The van der Waals surface area contributed by atoms with Gasteiger partial charge in [0.25, 0.3) is 0 Å². The topological polar surface area (TPSA) is 67.6 Å². The Morgan fingerprint density at radius 3 is 2.63 bits per heavy atom. The molecular weight excluding hydrogens is 256 g/mol. The van der Waals surface area contributed by atoms with Crippen LogP contribution in [0.4, 0.5) is 0 Å². The number of thioether (sulfide) groups is 1. The highest BCUT2D eigenvalue weighted by Gasteiger charge is 2.07. The third-order valence-corrected chi connectivity index (χ3v) is 4.42. The Morgan fingerprint density at radius 1 is 1.16 bits per heavy atom. The standard InChI is InChI=1S/C14H28N4S/c1-2-3-4-5-6-7-10-19-11-8-9-13(15)14-12-16-18-17-14/h12-13H,2-11,15H2,1H3,(H,16,17,18). The Labute approximate surface area is 121 Å². The number of aromatic nitrogens is 3. The molecule has 0 bridgehead atoms. The SMILES string of the molecule is CCCCCCCCSCCCC(N)c1c[nH]nn1. The average molecular weight is 284 g/mol. The summed E-state index contributed by atoms with van der Waals surface area (Å²) >= 11 is 2.06.